The van der Waals surface area contributed by atoms with Crippen molar-refractivity contribution in [3.8, 4) is 0 Å². The molecule has 0 bridgehead atoms. The molecular formula is C14H22N2O. The molecule has 17 heavy (non-hydrogen) atoms. The quantitative estimate of drug-likeness (QED) is 0.813. The molecule has 0 aliphatic carbocycles. The fourth-order valence-corrected chi connectivity index (χ4v) is 2.23. The zero-order chi connectivity index (χ0) is 12.5. The van der Waals surface area contributed by atoms with Gasteiger partial charge in [0.15, 0.2) is 0 Å². The molecule has 3 nitrogen and oxygen atoms in total. The van der Waals surface area contributed by atoms with Crippen LogP contribution in [0.3, 0.4) is 0 Å². The molecule has 2 N–H and O–H groups in total. The first-order chi connectivity index (χ1) is 8.02. The summed E-state index contributed by atoms with van der Waals surface area (Å²) in [5, 5.41) is 0. The van der Waals surface area contributed by atoms with Crippen LogP contribution in [-0.4, -0.2) is 25.8 Å². The van der Waals surface area contributed by atoms with Crippen LogP contribution in [0.15, 0.2) is 18.2 Å². The second-order valence-electron chi connectivity index (χ2n) is 5.34. The van der Waals surface area contributed by atoms with Crippen molar-refractivity contribution in [1.29, 1.82) is 0 Å². The minimum atomic E-state index is -0.0451. The van der Waals surface area contributed by atoms with Gasteiger partial charge in [0.2, 0.25) is 0 Å². The number of nitrogens with two attached hydrogens (primary N) is 1. The number of rotatable bonds is 4. The molecule has 0 fully saturated rings. The van der Waals surface area contributed by atoms with Crippen LogP contribution >= 0.6 is 0 Å². The molecule has 3 heteroatoms. The van der Waals surface area contributed by atoms with E-state index in [4.69, 9.17) is 10.5 Å². The van der Waals surface area contributed by atoms with Gasteiger partial charge in [-0.3, -0.25) is 0 Å². The lowest BCUT2D eigenvalue weighted by Gasteiger charge is -2.27. The average molecular weight is 234 g/mol. The molecule has 1 aliphatic rings. The number of benzene rings is 1. The maximum absolute atomic E-state index is 5.80. The fourth-order valence-electron chi connectivity index (χ4n) is 2.23. The lowest BCUT2D eigenvalue weighted by molar-refractivity contribution is 0.0173. The number of methoxy groups -OCH3 is 1. The van der Waals surface area contributed by atoms with Crippen LogP contribution in [-0.2, 0) is 11.2 Å². The smallest absolute Gasteiger partial charge is 0.0639 e. The second-order valence-corrected chi connectivity index (χ2v) is 5.34. The van der Waals surface area contributed by atoms with Crippen LogP contribution in [0.25, 0.3) is 0 Å². The highest BCUT2D eigenvalue weighted by Crippen LogP contribution is 2.30. The summed E-state index contributed by atoms with van der Waals surface area (Å²) in [5.41, 5.74) is 9.34. The molecule has 0 saturated heterocycles. The molecule has 0 amide bonds. The van der Waals surface area contributed by atoms with Crippen LogP contribution in [0.4, 0.5) is 11.4 Å². The van der Waals surface area contributed by atoms with E-state index in [-0.39, 0.29) is 5.60 Å². The van der Waals surface area contributed by atoms with Crippen LogP contribution < -0.4 is 10.6 Å². The molecule has 0 atom stereocenters. The van der Waals surface area contributed by atoms with Gasteiger partial charge in [-0.15, -0.1) is 0 Å². The van der Waals surface area contributed by atoms with Gasteiger partial charge < -0.3 is 15.4 Å². The summed E-state index contributed by atoms with van der Waals surface area (Å²) in [5.74, 6) is 0. The Balaban J connectivity index is 2.03. The van der Waals surface area contributed by atoms with Gasteiger partial charge in [-0.05, 0) is 50.5 Å². The summed E-state index contributed by atoms with van der Waals surface area (Å²) in [7, 11) is 1.78. The van der Waals surface area contributed by atoms with Gasteiger partial charge in [0.05, 0.1) is 5.60 Å². The molecule has 0 aromatic heterocycles. The van der Waals surface area contributed by atoms with E-state index in [0.717, 1.165) is 31.6 Å². The van der Waals surface area contributed by atoms with E-state index < -0.39 is 0 Å². The fraction of sp³-hybridized carbons (Fsp3) is 0.571. The van der Waals surface area contributed by atoms with E-state index in [0.29, 0.717) is 0 Å². The van der Waals surface area contributed by atoms with Gasteiger partial charge in [-0.2, -0.15) is 0 Å². The molecule has 94 valence electrons. The Bertz CT molecular complexity index is 401. The summed E-state index contributed by atoms with van der Waals surface area (Å²) in [6.45, 7) is 6.40. The summed E-state index contributed by atoms with van der Waals surface area (Å²) in [4.78, 5) is 2.43. The molecule has 1 heterocycles. The first-order valence-electron chi connectivity index (χ1n) is 6.20. The van der Waals surface area contributed by atoms with Gasteiger partial charge in [-0.25, -0.2) is 0 Å². The average Bonchev–Trinajstić information content (AvgIpc) is 2.69. The van der Waals surface area contributed by atoms with Gasteiger partial charge in [0.1, 0.15) is 0 Å². The van der Waals surface area contributed by atoms with Gasteiger partial charge >= 0.3 is 0 Å². The van der Waals surface area contributed by atoms with Crippen LogP contribution in [0.5, 0.6) is 0 Å². The van der Waals surface area contributed by atoms with E-state index in [1.165, 1.54) is 11.3 Å². The van der Waals surface area contributed by atoms with Crippen LogP contribution in [0.1, 0.15) is 25.8 Å². The Morgan fingerprint density at radius 2 is 2.18 bits per heavy atom. The predicted molar refractivity (Wildman–Crippen MR) is 72.5 cm³/mol. The van der Waals surface area contributed by atoms with E-state index in [1.807, 2.05) is 6.07 Å². The van der Waals surface area contributed by atoms with Crippen molar-refractivity contribution in [3.05, 3.63) is 23.8 Å². The van der Waals surface area contributed by atoms with Crippen LogP contribution in [0, 0.1) is 0 Å². The minimum absolute atomic E-state index is 0.0451. The third-order valence-electron chi connectivity index (χ3n) is 3.63. The molecule has 0 radical (unpaired) electrons. The standard InChI is InChI=1S/C14H22N2O/c1-14(2,17-3)7-9-16-8-6-11-10-12(15)4-5-13(11)16/h4-5,10H,6-9,15H2,1-3H3. The minimum Gasteiger partial charge on any atom is -0.399 e. The number of ether oxygens (including phenoxy) is 1. The summed E-state index contributed by atoms with van der Waals surface area (Å²) < 4.78 is 5.46. The number of hydrogen-bond acceptors (Lipinski definition) is 3. The molecule has 1 aromatic carbocycles. The number of nitrogens with zero attached hydrogens (tertiary/aromatic N) is 1. The number of hydrogen-bond donors (Lipinski definition) is 1. The van der Waals surface area contributed by atoms with Crippen molar-refractivity contribution in [2.75, 3.05) is 30.8 Å². The van der Waals surface area contributed by atoms with Crippen molar-refractivity contribution in [2.45, 2.75) is 32.3 Å². The van der Waals surface area contributed by atoms with E-state index in [1.54, 1.807) is 7.11 Å². The number of anilines is 2. The second kappa shape index (κ2) is 4.57. The number of fused-ring (bicyclic) bond motifs is 1. The molecule has 0 saturated carbocycles. The number of nitrogen functional groups attached to an aromatic ring is 1. The van der Waals surface area contributed by atoms with Crippen molar-refractivity contribution in [1.82, 2.24) is 0 Å². The third-order valence-corrected chi connectivity index (χ3v) is 3.63. The first kappa shape index (κ1) is 12.2. The predicted octanol–water partition coefficient (Wildman–Crippen LogP) is 2.45. The largest absolute Gasteiger partial charge is 0.399 e. The Kier molecular flexibility index (Phi) is 3.29. The Labute approximate surface area is 104 Å². The van der Waals surface area contributed by atoms with Gasteiger partial charge in [0, 0.05) is 31.6 Å². The molecular weight excluding hydrogens is 212 g/mol. The van der Waals surface area contributed by atoms with Crippen molar-refractivity contribution < 1.29 is 4.74 Å². The highest BCUT2D eigenvalue weighted by Gasteiger charge is 2.22. The monoisotopic (exact) mass is 234 g/mol. The lowest BCUT2D eigenvalue weighted by Crippen LogP contribution is -2.31. The van der Waals surface area contributed by atoms with E-state index >= 15 is 0 Å². The van der Waals surface area contributed by atoms with Gasteiger partial charge in [-0.1, -0.05) is 0 Å². The SMILES string of the molecule is COC(C)(C)CCN1CCc2cc(N)ccc21. The highest BCUT2D eigenvalue weighted by molar-refractivity contribution is 5.62. The normalized spacial score (nSPS) is 15.1. The Morgan fingerprint density at radius 3 is 2.88 bits per heavy atom. The van der Waals surface area contributed by atoms with Crippen molar-refractivity contribution in [2.24, 2.45) is 0 Å². The zero-order valence-corrected chi connectivity index (χ0v) is 11.0. The molecule has 0 unspecified atom stereocenters. The molecule has 0 spiro atoms. The Morgan fingerprint density at radius 1 is 1.41 bits per heavy atom. The summed E-state index contributed by atoms with van der Waals surface area (Å²) in [6.07, 6.45) is 2.14. The van der Waals surface area contributed by atoms with E-state index in [9.17, 15) is 0 Å². The maximum atomic E-state index is 5.80. The van der Waals surface area contributed by atoms with Crippen molar-refractivity contribution >= 4 is 11.4 Å². The van der Waals surface area contributed by atoms with Crippen molar-refractivity contribution in [3.63, 3.8) is 0 Å². The molecule has 2 rings (SSSR count). The lowest BCUT2D eigenvalue weighted by atomic mass is 10.1. The molecule has 1 aliphatic heterocycles. The third kappa shape index (κ3) is 2.72. The van der Waals surface area contributed by atoms with E-state index in [2.05, 4.69) is 30.9 Å². The van der Waals surface area contributed by atoms with Crippen LogP contribution in [0.2, 0.25) is 0 Å². The summed E-state index contributed by atoms with van der Waals surface area (Å²) >= 11 is 0. The Hall–Kier alpha value is -1.22. The maximum Gasteiger partial charge on any atom is 0.0639 e. The van der Waals surface area contributed by atoms with Gasteiger partial charge in [0.25, 0.3) is 0 Å². The highest BCUT2D eigenvalue weighted by atomic mass is 16.5. The first-order valence-corrected chi connectivity index (χ1v) is 6.20. The topological polar surface area (TPSA) is 38.5 Å². The molecule has 1 aromatic rings. The zero-order valence-electron chi connectivity index (χ0n) is 11.0. The summed E-state index contributed by atoms with van der Waals surface area (Å²) in [6, 6.07) is 6.22.